The van der Waals surface area contributed by atoms with Crippen molar-refractivity contribution >= 4 is 11.9 Å². The smallest absolute Gasteiger partial charge is 0.317 e. The summed E-state index contributed by atoms with van der Waals surface area (Å²) < 4.78 is 0. The van der Waals surface area contributed by atoms with Gasteiger partial charge in [-0.05, 0) is 31.7 Å². The summed E-state index contributed by atoms with van der Waals surface area (Å²) in [6.45, 7) is 4.21. The van der Waals surface area contributed by atoms with Crippen LogP contribution in [0, 0.1) is 5.92 Å². The van der Waals surface area contributed by atoms with Crippen molar-refractivity contribution in [2.75, 3.05) is 45.8 Å². The summed E-state index contributed by atoms with van der Waals surface area (Å²) in [5, 5.41) is 12.0. The van der Waals surface area contributed by atoms with Gasteiger partial charge in [0.25, 0.3) is 0 Å². The molecule has 0 atom stereocenters. The molecule has 0 aromatic carbocycles. The molecule has 0 spiro atoms. The third-order valence-corrected chi connectivity index (χ3v) is 3.71. The number of rotatable bonds is 6. The van der Waals surface area contributed by atoms with Crippen LogP contribution in [-0.4, -0.2) is 72.6 Å². The lowest BCUT2D eigenvalue weighted by molar-refractivity contribution is -0.138. The average molecular weight is 269 g/mol. The van der Waals surface area contributed by atoms with E-state index in [0.29, 0.717) is 19.6 Å². The number of nitrogens with zero attached hydrogens (tertiary/aromatic N) is 2. The van der Waals surface area contributed by atoms with Crippen molar-refractivity contribution < 1.29 is 14.7 Å². The summed E-state index contributed by atoms with van der Waals surface area (Å²) in [6, 6.07) is 0. The van der Waals surface area contributed by atoms with Crippen molar-refractivity contribution in [3.8, 4) is 0 Å². The number of carbonyl (C=O) groups is 2. The topological polar surface area (TPSA) is 72.9 Å². The number of carboxylic acid groups (broad SMARTS) is 1. The molecule has 1 saturated heterocycles. The van der Waals surface area contributed by atoms with E-state index in [1.807, 2.05) is 9.80 Å². The van der Waals surface area contributed by atoms with Crippen LogP contribution in [0.15, 0.2) is 0 Å². The minimum absolute atomic E-state index is 0.0714. The minimum atomic E-state index is -0.800. The van der Waals surface area contributed by atoms with Crippen LogP contribution in [0.3, 0.4) is 0 Å². The highest BCUT2D eigenvalue weighted by molar-refractivity contribution is 5.78. The van der Waals surface area contributed by atoms with Gasteiger partial charge in [0, 0.05) is 26.2 Å². The number of amides is 1. The number of carbonyl (C=O) groups excluding carboxylic acids is 1. The first kappa shape index (κ1) is 14.3. The molecular formula is C13H23N3O3. The fourth-order valence-corrected chi connectivity index (χ4v) is 2.39. The summed E-state index contributed by atoms with van der Waals surface area (Å²) in [5.74, 6) is 0.117. The molecule has 0 bridgehead atoms. The lowest BCUT2D eigenvalue weighted by Crippen LogP contribution is -2.41. The lowest BCUT2D eigenvalue weighted by atomic mass is 10.3. The Balaban J connectivity index is 1.68. The molecule has 0 aromatic heterocycles. The third kappa shape index (κ3) is 5.16. The van der Waals surface area contributed by atoms with Gasteiger partial charge in [-0.3, -0.25) is 14.5 Å². The molecule has 0 radical (unpaired) electrons. The quantitative estimate of drug-likeness (QED) is 0.687. The zero-order chi connectivity index (χ0) is 13.7. The van der Waals surface area contributed by atoms with E-state index in [1.165, 1.54) is 12.8 Å². The van der Waals surface area contributed by atoms with Crippen molar-refractivity contribution in [3.05, 3.63) is 0 Å². The normalized spacial score (nSPS) is 21.2. The maximum absolute atomic E-state index is 12.0. The van der Waals surface area contributed by atoms with Gasteiger partial charge in [-0.25, -0.2) is 0 Å². The Bertz CT molecular complexity index is 331. The van der Waals surface area contributed by atoms with Gasteiger partial charge in [0.1, 0.15) is 0 Å². The van der Waals surface area contributed by atoms with Gasteiger partial charge < -0.3 is 15.3 Å². The van der Waals surface area contributed by atoms with Crippen LogP contribution in [0.1, 0.15) is 19.3 Å². The molecule has 2 rings (SSSR count). The van der Waals surface area contributed by atoms with Crippen LogP contribution in [0.4, 0.5) is 0 Å². The molecule has 0 aromatic rings. The van der Waals surface area contributed by atoms with Gasteiger partial charge in [0.15, 0.2) is 0 Å². The highest BCUT2D eigenvalue weighted by Crippen LogP contribution is 2.27. The van der Waals surface area contributed by atoms with Gasteiger partial charge in [-0.2, -0.15) is 0 Å². The average Bonchev–Trinajstić information content (AvgIpc) is 3.15. The number of hydrogen-bond acceptors (Lipinski definition) is 4. The number of carboxylic acids is 1. The van der Waals surface area contributed by atoms with Crippen LogP contribution in [-0.2, 0) is 9.59 Å². The van der Waals surface area contributed by atoms with Gasteiger partial charge in [0.2, 0.25) is 5.91 Å². The summed E-state index contributed by atoms with van der Waals surface area (Å²) in [7, 11) is 0. The molecule has 1 saturated carbocycles. The molecule has 6 heteroatoms. The summed E-state index contributed by atoms with van der Waals surface area (Å²) in [6.07, 6.45) is 3.42. The SMILES string of the molecule is O=C(O)CN1CCCN(C(=O)CNCC2CC2)CC1. The maximum atomic E-state index is 12.0. The Morgan fingerprint density at radius 2 is 1.95 bits per heavy atom. The molecular weight excluding hydrogens is 246 g/mol. The molecule has 2 fully saturated rings. The fraction of sp³-hybridized carbons (Fsp3) is 0.846. The van der Waals surface area contributed by atoms with Crippen molar-refractivity contribution in [1.29, 1.82) is 0 Å². The number of aliphatic carboxylic acids is 1. The Kier molecular flexibility index (Phi) is 5.15. The van der Waals surface area contributed by atoms with E-state index in [9.17, 15) is 9.59 Å². The summed E-state index contributed by atoms with van der Waals surface area (Å²) >= 11 is 0. The van der Waals surface area contributed by atoms with E-state index in [1.54, 1.807) is 0 Å². The first-order chi connectivity index (χ1) is 9.15. The minimum Gasteiger partial charge on any atom is -0.480 e. The van der Waals surface area contributed by atoms with Gasteiger partial charge >= 0.3 is 5.97 Å². The molecule has 6 nitrogen and oxygen atoms in total. The van der Waals surface area contributed by atoms with Gasteiger partial charge in [0.05, 0.1) is 13.1 Å². The summed E-state index contributed by atoms with van der Waals surface area (Å²) in [5.41, 5.74) is 0. The second-order valence-electron chi connectivity index (χ2n) is 5.48. The van der Waals surface area contributed by atoms with E-state index in [0.717, 1.165) is 32.0 Å². The predicted molar refractivity (Wildman–Crippen MR) is 70.9 cm³/mol. The van der Waals surface area contributed by atoms with Crippen LogP contribution in [0.5, 0.6) is 0 Å². The zero-order valence-electron chi connectivity index (χ0n) is 11.3. The van der Waals surface area contributed by atoms with Crippen molar-refractivity contribution in [1.82, 2.24) is 15.1 Å². The molecule has 19 heavy (non-hydrogen) atoms. The van der Waals surface area contributed by atoms with Crippen LogP contribution < -0.4 is 5.32 Å². The number of hydrogen-bond donors (Lipinski definition) is 2. The van der Waals surface area contributed by atoms with E-state index >= 15 is 0 Å². The Labute approximate surface area is 113 Å². The van der Waals surface area contributed by atoms with Crippen LogP contribution in [0.2, 0.25) is 0 Å². The Hall–Kier alpha value is -1.14. The van der Waals surface area contributed by atoms with Crippen molar-refractivity contribution in [2.45, 2.75) is 19.3 Å². The fourth-order valence-electron chi connectivity index (χ4n) is 2.39. The van der Waals surface area contributed by atoms with E-state index < -0.39 is 5.97 Å². The van der Waals surface area contributed by atoms with Gasteiger partial charge in [-0.15, -0.1) is 0 Å². The van der Waals surface area contributed by atoms with E-state index in [-0.39, 0.29) is 12.5 Å². The molecule has 0 unspecified atom stereocenters. The first-order valence-corrected chi connectivity index (χ1v) is 7.08. The molecule has 2 N–H and O–H groups in total. The van der Waals surface area contributed by atoms with Gasteiger partial charge in [-0.1, -0.05) is 0 Å². The zero-order valence-corrected chi connectivity index (χ0v) is 11.3. The van der Waals surface area contributed by atoms with Crippen LogP contribution >= 0.6 is 0 Å². The highest BCUT2D eigenvalue weighted by atomic mass is 16.4. The predicted octanol–water partition coefficient (Wildman–Crippen LogP) is -0.395. The van der Waals surface area contributed by atoms with E-state index in [4.69, 9.17) is 5.11 Å². The monoisotopic (exact) mass is 269 g/mol. The van der Waals surface area contributed by atoms with Crippen LogP contribution in [0.25, 0.3) is 0 Å². The Morgan fingerprint density at radius 1 is 1.16 bits per heavy atom. The standard InChI is InChI=1S/C13H23N3O3/c17-12(9-14-8-11-2-3-11)16-5-1-4-15(6-7-16)10-13(18)19/h11,14H,1-10H2,(H,18,19). The largest absolute Gasteiger partial charge is 0.480 e. The second kappa shape index (κ2) is 6.86. The first-order valence-electron chi connectivity index (χ1n) is 7.08. The number of nitrogens with one attached hydrogen (secondary N) is 1. The second-order valence-corrected chi connectivity index (χ2v) is 5.48. The molecule has 2 aliphatic rings. The molecule has 108 valence electrons. The molecule has 1 heterocycles. The Morgan fingerprint density at radius 3 is 2.63 bits per heavy atom. The maximum Gasteiger partial charge on any atom is 0.317 e. The van der Waals surface area contributed by atoms with Crippen molar-refractivity contribution in [2.24, 2.45) is 5.92 Å². The van der Waals surface area contributed by atoms with E-state index in [2.05, 4.69) is 5.32 Å². The molecule has 1 aliphatic carbocycles. The molecule has 1 aliphatic heterocycles. The highest BCUT2D eigenvalue weighted by Gasteiger charge is 2.22. The third-order valence-electron chi connectivity index (χ3n) is 3.71. The summed E-state index contributed by atoms with van der Waals surface area (Å²) in [4.78, 5) is 26.4. The van der Waals surface area contributed by atoms with Crippen molar-refractivity contribution in [3.63, 3.8) is 0 Å². The lowest BCUT2D eigenvalue weighted by Gasteiger charge is -2.21. The molecule has 1 amide bonds.